The van der Waals surface area contributed by atoms with Gasteiger partial charge in [-0.15, -0.1) is 0 Å². The fourth-order valence-corrected chi connectivity index (χ4v) is 6.51. The van der Waals surface area contributed by atoms with Gasteiger partial charge in [0.15, 0.2) is 0 Å². The molecule has 5 heterocycles. The minimum atomic E-state index is -0.170. The highest BCUT2D eigenvalue weighted by Crippen LogP contribution is 2.44. The van der Waals surface area contributed by atoms with Gasteiger partial charge in [0.25, 0.3) is 0 Å². The summed E-state index contributed by atoms with van der Waals surface area (Å²) in [6, 6.07) is 4.60. The number of hydrogen-bond acceptors (Lipinski definition) is 8. The summed E-state index contributed by atoms with van der Waals surface area (Å²) in [5.74, 6) is 2.31. The van der Waals surface area contributed by atoms with Crippen LogP contribution in [-0.4, -0.2) is 81.0 Å². The van der Waals surface area contributed by atoms with E-state index in [2.05, 4.69) is 55.2 Å². The summed E-state index contributed by atoms with van der Waals surface area (Å²) in [7, 11) is 0. The standard InChI is InChI=1S/C27H38N8O/c1-19(2)34-12-10-33(11-13-34)17-20-6-7-23(28-15-20)31-26-29-16-21-14-22-25(36)30-18-27(8-4-3-5-9-27)35(22)24(21)32-26/h6-7,15-16,19,22H,3-5,8-14,17-18H2,1-2H3,(H,30,36)(H,28,29,31,32). The van der Waals surface area contributed by atoms with Crippen LogP contribution >= 0.6 is 0 Å². The predicted molar refractivity (Wildman–Crippen MR) is 140 cm³/mol. The zero-order valence-electron chi connectivity index (χ0n) is 21.5. The molecule has 9 heteroatoms. The number of nitrogens with one attached hydrogen (secondary N) is 2. The van der Waals surface area contributed by atoms with Crippen molar-refractivity contribution in [3.63, 3.8) is 0 Å². The molecule has 3 fully saturated rings. The second kappa shape index (κ2) is 9.59. The lowest BCUT2D eigenvalue weighted by Gasteiger charge is -2.51. The molecular formula is C27H38N8O. The summed E-state index contributed by atoms with van der Waals surface area (Å²) in [6.45, 7) is 10.6. The van der Waals surface area contributed by atoms with E-state index in [1.807, 2.05) is 18.5 Å². The van der Waals surface area contributed by atoms with Crippen LogP contribution in [0.3, 0.4) is 0 Å². The van der Waals surface area contributed by atoms with Crippen LogP contribution < -0.4 is 15.5 Å². The first kappa shape index (κ1) is 23.6. The van der Waals surface area contributed by atoms with Crippen LogP contribution in [0.4, 0.5) is 17.6 Å². The Hall–Kier alpha value is -2.78. The van der Waals surface area contributed by atoms with Crippen LogP contribution in [-0.2, 0) is 17.8 Å². The Balaban J connectivity index is 1.14. The smallest absolute Gasteiger partial charge is 0.243 e. The predicted octanol–water partition coefficient (Wildman–Crippen LogP) is 2.71. The van der Waals surface area contributed by atoms with Crippen molar-refractivity contribution in [3.05, 3.63) is 35.7 Å². The summed E-state index contributed by atoms with van der Waals surface area (Å²) < 4.78 is 0. The average molecular weight is 491 g/mol. The Kier molecular flexibility index (Phi) is 6.29. The molecule has 36 heavy (non-hydrogen) atoms. The molecule has 1 spiro atoms. The molecule has 1 atom stereocenters. The molecular weight excluding hydrogens is 452 g/mol. The van der Waals surface area contributed by atoms with E-state index in [0.717, 1.165) is 62.8 Å². The number of pyridine rings is 1. The van der Waals surface area contributed by atoms with E-state index in [1.54, 1.807) is 0 Å². The van der Waals surface area contributed by atoms with E-state index in [0.29, 0.717) is 25.0 Å². The van der Waals surface area contributed by atoms with Crippen LogP contribution in [0, 0.1) is 0 Å². The molecule has 0 radical (unpaired) electrons. The van der Waals surface area contributed by atoms with Crippen LogP contribution in [0.25, 0.3) is 0 Å². The minimum Gasteiger partial charge on any atom is -0.352 e. The molecule has 3 aliphatic heterocycles. The van der Waals surface area contributed by atoms with Crippen LogP contribution in [0.5, 0.6) is 0 Å². The SMILES string of the molecule is CC(C)N1CCN(Cc2ccc(Nc3ncc4c(n3)N3C(C4)C(=O)NCC34CCCCC4)nc2)CC1. The van der Waals surface area contributed by atoms with E-state index in [4.69, 9.17) is 4.98 Å². The quantitative estimate of drug-likeness (QED) is 0.661. The van der Waals surface area contributed by atoms with Gasteiger partial charge in [-0.3, -0.25) is 14.6 Å². The molecule has 1 amide bonds. The number of fused-ring (bicyclic) bond motifs is 4. The third-order valence-corrected chi connectivity index (χ3v) is 8.59. The van der Waals surface area contributed by atoms with Gasteiger partial charge in [-0.25, -0.2) is 9.97 Å². The first-order valence-corrected chi connectivity index (χ1v) is 13.6. The second-order valence-electron chi connectivity index (χ2n) is 11.2. The Labute approximate surface area is 213 Å². The van der Waals surface area contributed by atoms with Crippen molar-refractivity contribution in [3.8, 4) is 0 Å². The molecule has 4 aliphatic rings. The maximum atomic E-state index is 12.7. The van der Waals surface area contributed by atoms with Crippen molar-refractivity contribution < 1.29 is 4.79 Å². The first-order chi connectivity index (χ1) is 17.5. The fourth-order valence-electron chi connectivity index (χ4n) is 6.51. The number of piperazine rings is 2. The number of nitrogens with zero attached hydrogens (tertiary/aromatic N) is 6. The van der Waals surface area contributed by atoms with Gasteiger partial charge in [-0.05, 0) is 38.3 Å². The average Bonchev–Trinajstić information content (AvgIpc) is 3.29. The second-order valence-corrected chi connectivity index (χ2v) is 11.2. The van der Waals surface area contributed by atoms with Crippen molar-refractivity contribution in [1.82, 2.24) is 30.1 Å². The number of hydrogen-bond donors (Lipinski definition) is 2. The maximum absolute atomic E-state index is 12.7. The van der Waals surface area contributed by atoms with Crippen molar-refractivity contribution >= 4 is 23.5 Å². The van der Waals surface area contributed by atoms with Gasteiger partial charge in [0, 0.05) is 69.7 Å². The van der Waals surface area contributed by atoms with E-state index in [-0.39, 0.29) is 17.5 Å². The minimum absolute atomic E-state index is 0.0196. The highest BCUT2D eigenvalue weighted by molar-refractivity contribution is 5.90. The number of anilines is 3. The molecule has 2 saturated heterocycles. The molecule has 2 aromatic heterocycles. The summed E-state index contributed by atoms with van der Waals surface area (Å²) in [5.41, 5.74) is 2.26. The van der Waals surface area contributed by atoms with Crippen molar-refractivity contribution in [1.29, 1.82) is 0 Å². The molecule has 0 bridgehead atoms. The topological polar surface area (TPSA) is 89.5 Å². The van der Waals surface area contributed by atoms with Gasteiger partial charge < -0.3 is 15.5 Å². The molecule has 2 aromatic rings. The molecule has 1 saturated carbocycles. The highest BCUT2D eigenvalue weighted by Gasteiger charge is 2.51. The fraction of sp³-hybridized carbons (Fsp3) is 0.630. The van der Waals surface area contributed by atoms with Gasteiger partial charge in [0.2, 0.25) is 11.9 Å². The van der Waals surface area contributed by atoms with E-state index in [1.165, 1.54) is 24.8 Å². The lowest BCUT2D eigenvalue weighted by atomic mass is 9.78. The summed E-state index contributed by atoms with van der Waals surface area (Å²) >= 11 is 0. The Morgan fingerprint density at radius 3 is 2.61 bits per heavy atom. The van der Waals surface area contributed by atoms with Gasteiger partial charge >= 0.3 is 0 Å². The maximum Gasteiger partial charge on any atom is 0.243 e. The molecule has 1 unspecified atom stereocenters. The lowest BCUT2D eigenvalue weighted by molar-refractivity contribution is -0.124. The molecule has 1 aliphatic carbocycles. The molecule has 0 aromatic carbocycles. The molecule has 192 valence electrons. The third-order valence-electron chi connectivity index (χ3n) is 8.59. The van der Waals surface area contributed by atoms with E-state index in [9.17, 15) is 4.79 Å². The summed E-state index contributed by atoms with van der Waals surface area (Å²) in [4.78, 5) is 34.2. The first-order valence-electron chi connectivity index (χ1n) is 13.6. The molecule has 2 N–H and O–H groups in total. The Morgan fingerprint density at radius 2 is 1.89 bits per heavy atom. The summed E-state index contributed by atoms with van der Waals surface area (Å²) in [6.07, 6.45) is 10.4. The van der Waals surface area contributed by atoms with Crippen molar-refractivity contribution in [2.75, 3.05) is 42.9 Å². The summed E-state index contributed by atoms with van der Waals surface area (Å²) in [5, 5.41) is 6.48. The van der Waals surface area contributed by atoms with Crippen molar-refractivity contribution in [2.45, 2.75) is 76.5 Å². The zero-order chi connectivity index (χ0) is 24.7. The number of rotatable bonds is 5. The lowest BCUT2D eigenvalue weighted by Crippen LogP contribution is -2.67. The third kappa shape index (κ3) is 4.43. The van der Waals surface area contributed by atoms with E-state index >= 15 is 0 Å². The Morgan fingerprint density at radius 1 is 1.08 bits per heavy atom. The number of carbonyl (C=O) groups is 1. The van der Waals surface area contributed by atoms with Gasteiger partial charge in [-0.1, -0.05) is 25.3 Å². The van der Waals surface area contributed by atoms with E-state index < -0.39 is 0 Å². The Bertz CT molecular complexity index is 1090. The van der Waals surface area contributed by atoms with Crippen LogP contribution in [0.2, 0.25) is 0 Å². The largest absolute Gasteiger partial charge is 0.352 e. The number of amides is 1. The normalized spacial score (nSPS) is 24.0. The van der Waals surface area contributed by atoms with Gasteiger partial charge in [0.05, 0.1) is 5.54 Å². The molecule has 9 nitrogen and oxygen atoms in total. The van der Waals surface area contributed by atoms with Crippen molar-refractivity contribution in [2.24, 2.45) is 0 Å². The monoisotopic (exact) mass is 490 g/mol. The molecule has 6 rings (SSSR count). The van der Waals surface area contributed by atoms with Gasteiger partial charge in [-0.2, -0.15) is 4.98 Å². The number of aromatic nitrogens is 3. The highest BCUT2D eigenvalue weighted by atomic mass is 16.2. The van der Waals surface area contributed by atoms with Crippen LogP contribution in [0.1, 0.15) is 57.1 Å². The van der Waals surface area contributed by atoms with Gasteiger partial charge in [0.1, 0.15) is 17.7 Å². The number of carbonyl (C=O) groups excluding carboxylic acids is 1. The zero-order valence-corrected chi connectivity index (χ0v) is 21.5. The van der Waals surface area contributed by atoms with Crippen LogP contribution in [0.15, 0.2) is 24.5 Å².